The van der Waals surface area contributed by atoms with Crippen molar-refractivity contribution in [2.24, 2.45) is 50.2 Å². The van der Waals surface area contributed by atoms with Crippen LogP contribution in [0.25, 0.3) is 6.08 Å². The molecule has 1 amide bonds. The maximum atomic E-state index is 13.4. The van der Waals surface area contributed by atoms with Gasteiger partial charge in [-0.3, -0.25) is 9.59 Å². The number of nitrogens with one attached hydrogen (secondary N) is 1. The van der Waals surface area contributed by atoms with Crippen LogP contribution in [0.4, 0.5) is 0 Å². The molecule has 0 bridgehead atoms. The van der Waals surface area contributed by atoms with Crippen LogP contribution in [0.2, 0.25) is 0 Å². The molecule has 7 N–H and O–H groups in total. The fraction of sp³-hybridized carbons (Fsp3) is 0.760. The number of aliphatic carboxylic acids is 1. The standard InChI is InChI=1S/C50H73NO12/c1-45(2)21-23-50(44(58)59)24-22-48(6)29(30(50)25-45)14-15-34-47(5)19-18-35(46(3,4)33(47)17-20-49(34,48)7)63-42-37(51-36(53)16-13-28-11-9-8-10-12-28)40(56)39(55)32(62-42)27-61-43-41(57)38(54)31(52)26-60-43/h8-14,16,30-35,37-43,52,54-57H,15,17-27H2,1-7H3,(H,51,53)(H,58,59)/b16-13+/t30-,31-,32+,33-,34+,35-,37+,38-,39+,40+,41+,42-,43-,47-,48+,49+,50-/m0/s1. The number of aliphatic hydroxyl groups is 5. The fourth-order valence-electron chi connectivity index (χ4n) is 14.4. The molecule has 2 saturated heterocycles. The van der Waals surface area contributed by atoms with Crippen molar-refractivity contribution >= 4 is 18.0 Å². The van der Waals surface area contributed by atoms with Crippen LogP contribution in [0.1, 0.15) is 118 Å². The lowest BCUT2D eigenvalue weighted by Crippen LogP contribution is -2.67. The molecule has 2 heterocycles. The highest BCUT2D eigenvalue weighted by molar-refractivity contribution is 5.92. The van der Waals surface area contributed by atoms with E-state index in [9.17, 15) is 40.2 Å². The van der Waals surface area contributed by atoms with E-state index in [2.05, 4.69) is 59.9 Å². The van der Waals surface area contributed by atoms with Crippen LogP contribution in [0, 0.1) is 50.2 Å². The molecular weight excluding hydrogens is 807 g/mol. The van der Waals surface area contributed by atoms with Gasteiger partial charge in [0.15, 0.2) is 12.6 Å². The summed E-state index contributed by atoms with van der Waals surface area (Å²) in [4.78, 5) is 26.6. The summed E-state index contributed by atoms with van der Waals surface area (Å²) in [6, 6.07) is 8.18. The average molecular weight is 880 g/mol. The number of carbonyl (C=O) groups excluding carboxylic acids is 1. The quantitative estimate of drug-likeness (QED) is 0.0953. The number of allylic oxidation sites excluding steroid dienone is 2. The monoisotopic (exact) mass is 880 g/mol. The van der Waals surface area contributed by atoms with E-state index in [1.165, 1.54) is 11.6 Å². The first-order chi connectivity index (χ1) is 29.6. The SMILES string of the molecule is CC1(C)CC[C@]2(C(=O)O)CC[C@]3(C)C(=CC[C@@H]4[C@@]5(C)CC[C@H](O[C@@H]6O[C@H](CO[C@@H]7OC[C@H](O)[C@H](O)[C@H]7O)[C@@H](O)[C@H](O)[C@H]6NC(=O)/C=C/c6ccccc6)C(C)(C)[C@@H]5CC[C@]43C)[C@@H]2C1. The first-order valence-corrected chi connectivity index (χ1v) is 23.5. The van der Waals surface area contributed by atoms with Crippen molar-refractivity contribution < 1.29 is 59.2 Å². The van der Waals surface area contributed by atoms with Crippen LogP contribution in [0.5, 0.6) is 0 Å². The molecule has 0 spiro atoms. The molecule has 0 aromatic heterocycles. The zero-order valence-corrected chi connectivity index (χ0v) is 38.2. The highest BCUT2D eigenvalue weighted by Gasteiger charge is 2.69. The summed E-state index contributed by atoms with van der Waals surface area (Å²) < 4.78 is 24.6. The lowest BCUT2D eigenvalue weighted by molar-refractivity contribution is -0.322. The molecule has 1 aromatic rings. The van der Waals surface area contributed by atoms with Crippen molar-refractivity contribution in [3.8, 4) is 0 Å². The molecule has 0 unspecified atom stereocenters. The van der Waals surface area contributed by atoms with Crippen LogP contribution in [-0.4, -0.2) is 117 Å². The van der Waals surface area contributed by atoms with E-state index >= 15 is 0 Å². The molecule has 7 aliphatic rings. The molecule has 6 fully saturated rings. The number of carboxylic acid groups (broad SMARTS) is 1. The molecule has 13 nitrogen and oxygen atoms in total. The van der Waals surface area contributed by atoms with Gasteiger partial charge in [-0.25, -0.2) is 0 Å². The Labute approximate surface area is 372 Å². The zero-order valence-electron chi connectivity index (χ0n) is 38.2. The number of amides is 1. The minimum Gasteiger partial charge on any atom is -0.481 e. The van der Waals surface area contributed by atoms with E-state index in [0.29, 0.717) is 18.8 Å². The highest BCUT2D eigenvalue weighted by Crippen LogP contribution is 2.76. The molecule has 13 heteroatoms. The van der Waals surface area contributed by atoms with Gasteiger partial charge in [-0.1, -0.05) is 90.4 Å². The van der Waals surface area contributed by atoms with Gasteiger partial charge in [0.2, 0.25) is 5.91 Å². The predicted octanol–water partition coefficient (Wildman–Crippen LogP) is 5.36. The fourth-order valence-corrected chi connectivity index (χ4v) is 14.4. The van der Waals surface area contributed by atoms with E-state index in [-0.39, 0.29) is 58.2 Å². The number of hydrogen-bond acceptors (Lipinski definition) is 11. The maximum absolute atomic E-state index is 13.4. The van der Waals surface area contributed by atoms with Gasteiger partial charge in [0.1, 0.15) is 42.7 Å². The van der Waals surface area contributed by atoms with Crippen LogP contribution in [0.15, 0.2) is 48.1 Å². The Kier molecular flexibility index (Phi) is 12.5. The third kappa shape index (κ3) is 7.86. The van der Waals surface area contributed by atoms with Crippen molar-refractivity contribution in [1.82, 2.24) is 5.32 Å². The number of carbonyl (C=O) groups is 2. The summed E-state index contributed by atoms with van der Waals surface area (Å²) in [5, 5.41) is 67.4. The van der Waals surface area contributed by atoms with Crippen LogP contribution >= 0.6 is 0 Å². The van der Waals surface area contributed by atoms with E-state index in [1.807, 2.05) is 30.3 Å². The molecular formula is C50H73NO12. The van der Waals surface area contributed by atoms with Gasteiger partial charge in [-0.05, 0) is 121 Å². The number of benzene rings is 1. The Morgan fingerprint density at radius 1 is 0.825 bits per heavy atom. The summed E-state index contributed by atoms with van der Waals surface area (Å²) in [6.07, 6.45) is 2.70. The normalized spacial score (nSPS) is 46.7. The van der Waals surface area contributed by atoms with Crippen LogP contribution < -0.4 is 5.32 Å². The van der Waals surface area contributed by atoms with E-state index < -0.39 is 72.5 Å². The molecule has 5 aliphatic carbocycles. The van der Waals surface area contributed by atoms with E-state index in [0.717, 1.165) is 56.9 Å². The van der Waals surface area contributed by atoms with Crippen molar-refractivity contribution in [2.45, 2.75) is 174 Å². The lowest BCUT2D eigenvalue weighted by atomic mass is 9.33. The molecule has 2 aliphatic heterocycles. The molecule has 4 saturated carbocycles. The summed E-state index contributed by atoms with van der Waals surface area (Å²) in [5.74, 6) is -0.463. The highest BCUT2D eigenvalue weighted by atomic mass is 16.7. The molecule has 0 radical (unpaired) electrons. The van der Waals surface area contributed by atoms with Crippen LogP contribution in [-0.2, 0) is 28.5 Å². The summed E-state index contributed by atoms with van der Waals surface area (Å²) >= 11 is 0. The van der Waals surface area contributed by atoms with Crippen molar-refractivity contribution in [1.29, 1.82) is 0 Å². The van der Waals surface area contributed by atoms with Crippen molar-refractivity contribution in [2.75, 3.05) is 13.2 Å². The molecule has 63 heavy (non-hydrogen) atoms. The minimum atomic E-state index is -1.56. The topological polar surface area (TPSA) is 204 Å². The Balaban J connectivity index is 1.04. The molecule has 350 valence electrons. The van der Waals surface area contributed by atoms with E-state index in [1.54, 1.807) is 6.08 Å². The second-order valence-electron chi connectivity index (χ2n) is 22.5. The predicted molar refractivity (Wildman–Crippen MR) is 233 cm³/mol. The Morgan fingerprint density at radius 2 is 1.54 bits per heavy atom. The number of ether oxygens (including phenoxy) is 4. The number of carboxylic acids is 1. The van der Waals surface area contributed by atoms with Gasteiger partial charge < -0.3 is 54.9 Å². The van der Waals surface area contributed by atoms with Gasteiger partial charge in [-0.2, -0.15) is 0 Å². The smallest absolute Gasteiger partial charge is 0.310 e. The molecule has 1 aromatic carbocycles. The minimum absolute atomic E-state index is 0.0231. The number of aliphatic hydroxyl groups excluding tert-OH is 5. The third-order valence-corrected chi connectivity index (χ3v) is 18.4. The van der Waals surface area contributed by atoms with E-state index in [4.69, 9.17) is 18.9 Å². The summed E-state index contributed by atoms with van der Waals surface area (Å²) in [5.41, 5.74) is 1.05. The summed E-state index contributed by atoms with van der Waals surface area (Å²) in [7, 11) is 0. The summed E-state index contributed by atoms with van der Waals surface area (Å²) in [6.45, 7) is 15.9. The van der Waals surface area contributed by atoms with Crippen molar-refractivity contribution in [3.63, 3.8) is 0 Å². The zero-order chi connectivity index (χ0) is 45.5. The number of hydrogen-bond donors (Lipinski definition) is 7. The first-order valence-electron chi connectivity index (χ1n) is 23.5. The first kappa shape index (κ1) is 46.8. The molecule has 8 rings (SSSR count). The average Bonchev–Trinajstić information content (AvgIpc) is 3.23. The number of rotatable bonds is 9. The van der Waals surface area contributed by atoms with Gasteiger partial charge in [0, 0.05) is 6.08 Å². The Bertz CT molecular complexity index is 1920. The maximum Gasteiger partial charge on any atom is 0.310 e. The number of fused-ring (bicyclic) bond motifs is 7. The van der Waals surface area contributed by atoms with Gasteiger partial charge in [-0.15, -0.1) is 0 Å². The Hall–Kier alpha value is -2.72. The van der Waals surface area contributed by atoms with Crippen LogP contribution in [0.3, 0.4) is 0 Å². The van der Waals surface area contributed by atoms with Gasteiger partial charge >= 0.3 is 5.97 Å². The van der Waals surface area contributed by atoms with Crippen molar-refractivity contribution in [3.05, 3.63) is 53.6 Å². The largest absolute Gasteiger partial charge is 0.481 e. The Morgan fingerprint density at radius 3 is 2.25 bits per heavy atom. The molecule has 17 atom stereocenters. The van der Waals surface area contributed by atoms with Gasteiger partial charge in [0.05, 0.1) is 24.7 Å². The third-order valence-electron chi connectivity index (χ3n) is 18.4. The second-order valence-corrected chi connectivity index (χ2v) is 22.5. The second kappa shape index (κ2) is 16.9. The lowest BCUT2D eigenvalue weighted by Gasteiger charge is -2.71. The van der Waals surface area contributed by atoms with Gasteiger partial charge in [0.25, 0.3) is 0 Å².